The second-order valence-corrected chi connectivity index (χ2v) is 7.02. The molecule has 3 N–H and O–H groups in total. The fourth-order valence-corrected chi connectivity index (χ4v) is 2.77. The Morgan fingerprint density at radius 2 is 1.40 bits per heavy atom. The lowest BCUT2D eigenvalue weighted by Gasteiger charge is -2.16. The Kier molecular flexibility index (Phi) is 7.30. The van der Waals surface area contributed by atoms with Crippen molar-refractivity contribution >= 4 is 40.8 Å². The molecule has 0 aliphatic rings. The molecule has 0 saturated carbocycles. The molecule has 2 rings (SSSR count). The molecule has 1 atom stereocenters. The summed E-state index contributed by atoms with van der Waals surface area (Å²) in [6, 6.07) is 9.91. The molecule has 158 valence electrons. The molecule has 0 bridgehead atoms. The Balaban J connectivity index is 2.15. The maximum Gasteiger partial charge on any atom is 0.339 e. The number of ether oxygens (including phenoxy) is 1. The molecule has 0 aromatic heterocycles. The minimum atomic E-state index is -1.06. The first-order chi connectivity index (χ1) is 14.0. The number of rotatable bonds is 6. The summed E-state index contributed by atoms with van der Waals surface area (Å²) in [6.07, 6.45) is -1.06. The molecule has 1 unspecified atom stereocenters. The molecule has 8 heteroatoms. The first-order valence-corrected chi connectivity index (χ1v) is 9.34. The van der Waals surface area contributed by atoms with Crippen LogP contribution in [0.1, 0.15) is 42.3 Å². The van der Waals surface area contributed by atoms with Gasteiger partial charge < -0.3 is 20.7 Å². The van der Waals surface area contributed by atoms with Gasteiger partial charge in [0.05, 0.1) is 5.56 Å². The molecule has 0 spiro atoms. The molecular formula is C22H25N3O5. The molecule has 0 radical (unpaired) electrons. The SMILES string of the molecule is CC(=O)Nc1cc(NC(C)=O)cc(C(=O)OC(C)C(=O)Nc2ccc(C)cc2C)c1. The van der Waals surface area contributed by atoms with Gasteiger partial charge >= 0.3 is 5.97 Å². The third-order valence-corrected chi connectivity index (χ3v) is 4.10. The standard InChI is InChI=1S/C22H25N3O5/c1-12-6-7-20(13(2)8-12)25-21(28)14(3)30-22(29)17-9-18(23-15(4)26)11-19(10-17)24-16(5)27/h6-11,14H,1-5H3,(H,23,26)(H,24,27)(H,25,28). The van der Waals surface area contributed by atoms with Crippen molar-refractivity contribution in [3.05, 3.63) is 53.1 Å². The van der Waals surface area contributed by atoms with Crippen molar-refractivity contribution in [2.45, 2.75) is 40.7 Å². The van der Waals surface area contributed by atoms with Crippen LogP contribution in [0.15, 0.2) is 36.4 Å². The number of benzene rings is 2. The van der Waals surface area contributed by atoms with E-state index in [0.717, 1.165) is 11.1 Å². The quantitative estimate of drug-likeness (QED) is 0.631. The molecule has 0 aliphatic heterocycles. The maximum absolute atomic E-state index is 12.6. The van der Waals surface area contributed by atoms with Crippen LogP contribution >= 0.6 is 0 Å². The summed E-state index contributed by atoms with van der Waals surface area (Å²) in [6.45, 7) is 7.93. The van der Waals surface area contributed by atoms with E-state index in [9.17, 15) is 19.2 Å². The van der Waals surface area contributed by atoms with Gasteiger partial charge in [-0.2, -0.15) is 0 Å². The average molecular weight is 411 g/mol. The fraction of sp³-hybridized carbons (Fsp3) is 0.273. The van der Waals surface area contributed by atoms with E-state index in [1.807, 2.05) is 26.0 Å². The Morgan fingerprint density at radius 1 is 0.833 bits per heavy atom. The highest BCUT2D eigenvalue weighted by Crippen LogP contribution is 2.21. The number of anilines is 3. The minimum Gasteiger partial charge on any atom is -0.449 e. The van der Waals surface area contributed by atoms with Gasteiger partial charge in [0.2, 0.25) is 11.8 Å². The van der Waals surface area contributed by atoms with Gasteiger partial charge in [-0.15, -0.1) is 0 Å². The number of esters is 1. The van der Waals surface area contributed by atoms with Crippen molar-refractivity contribution in [2.24, 2.45) is 0 Å². The summed E-state index contributed by atoms with van der Waals surface area (Å²) < 4.78 is 5.28. The van der Waals surface area contributed by atoms with Crippen LogP contribution in [0, 0.1) is 13.8 Å². The Labute approximate surface area is 175 Å². The van der Waals surface area contributed by atoms with Gasteiger partial charge in [-0.1, -0.05) is 17.7 Å². The van der Waals surface area contributed by atoms with Crippen LogP contribution in [-0.4, -0.2) is 29.8 Å². The minimum absolute atomic E-state index is 0.0798. The lowest BCUT2D eigenvalue weighted by molar-refractivity contribution is -0.123. The summed E-state index contributed by atoms with van der Waals surface area (Å²) >= 11 is 0. The van der Waals surface area contributed by atoms with Crippen LogP contribution in [-0.2, 0) is 19.1 Å². The van der Waals surface area contributed by atoms with Crippen LogP contribution in [0.3, 0.4) is 0 Å². The zero-order valence-corrected chi connectivity index (χ0v) is 17.6. The number of nitrogens with one attached hydrogen (secondary N) is 3. The van der Waals surface area contributed by atoms with Crippen LogP contribution in [0.25, 0.3) is 0 Å². The zero-order valence-electron chi connectivity index (χ0n) is 17.6. The Bertz CT molecular complexity index is 966. The molecule has 2 aromatic carbocycles. The molecule has 0 fully saturated rings. The summed E-state index contributed by atoms with van der Waals surface area (Å²) in [5.41, 5.74) is 3.30. The van der Waals surface area contributed by atoms with Crippen LogP contribution in [0.5, 0.6) is 0 Å². The van der Waals surface area contributed by atoms with Crippen molar-refractivity contribution in [1.29, 1.82) is 0 Å². The number of carbonyl (C=O) groups excluding carboxylic acids is 4. The van der Waals surface area contributed by atoms with Crippen molar-refractivity contribution in [1.82, 2.24) is 0 Å². The highest BCUT2D eigenvalue weighted by atomic mass is 16.5. The van der Waals surface area contributed by atoms with E-state index in [2.05, 4.69) is 16.0 Å². The highest BCUT2D eigenvalue weighted by Gasteiger charge is 2.20. The summed E-state index contributed by atoms with van der Waals surface area (Å²) in [5.74, 6) is -1.92. The average Bonchev–Trinajstić information content (AvgIpc) is 2.62. The first kappa shape index (κ1) is 22.6. The largest absolute Gasteiger partial charge is 0.449 e. The molecule has 0 heterocycles. The molecular weight excluding hydrogens is 386 g/mol. The predicted octanol–water partition coefficient (Wildman–Crippen LogP) is 3.40. The van der Waals surface area contributed by atoms with E-state index in [0.29, 0.717) is 17.1 Å². The van der Waals surface area contributed by atoms with Crippen LogP contribution < -0.4 is 16.0 Å². The van der Waals surface area contributed by atoms with Crippen molar-refractivity contribution in [2.75, 3.05) is 16.0 Å². The number of carbonyl (C=O) groups is 4. The zero-order chi connectivity index (χ0) is 22.4. The molecule has 0 saturated heterocycles. The topological polar surface area (TPSA) is 114 Å². The number of hydrogen-bond donors (Lipinski definition) is 3. The second-order valence-electron chi connectivity index (χ2n) is 7.02. The smallest absolute Gasteiger partial charge is 0.339 e. The molecule has 8 nitrogen and oxygen atoms in total. The van der Waals surface area contributed by atoms with Gasteiger partial charge in [-0.3, -0.25) is 14.4 Å². The fourth-order valence-electron chi connectivity index (χ4n) is 2.77. The van der Waals surface area contributed by atoms with Crippen molar-refractivity contribution < 1.29 is 23.9 Å². The summed E-state index contributed by atoms with van der Waals surface area (Å²) in [7, 11) is 0. The third-order valence-electron chi connectivity index (χ3n) is 4.10. The summed E-state index contributed by atoms with van der Waals surface area (Å²) in [5, 5.41) is 7.85. The maximum atomic E-state index is 12.6. The van der Waals surface area contributed by atoms with Crippen molar-refractivity contribution in [3.63, 3.8) is 0 Å². The number of aryl methyl sites for hydroxylation is 2. The Morgan fingerprint density at radius 3 is 1.90 bits per heavy atom. The van der Waals surface area contributed by atoms with Crippen LogP contribution in [0.4, 0.5) is 17.1 Å². The second kappa shape index (κ2) is 9.69. The van der Waals surface area contributed by atoms with Crippen molar-refractivity contribution in [3.8, 4) is 0 Å². The molecule has 30 heavy (non-hydrogen) atoms. The van der Waals surface area contributed by atoms with E-state index >= 15 is 0 Å². The number of hydrogen-bond acceptors (Lipinski definition) is 5. The van der Waals surface area contributed by atoms with Gasteiger partial charge in [-0.05, 0) is 50.6 Å². The lowest BCUT2D eigenvalue weighted by Crippen LogP contribution is -2.30. The van der Waals surface area contributed by atoms with Gasteiger partial charge in [0.25, 0.3) is 5.91 Å². The van der Waals surface area contributed by atoms with Gasteiger partial charge in [-0.25, -0.2) is 4.79 Å². The van der Waals surface area contributed by atoms with E-state index in [1.165, 1.54) is 39.0 Å². The summed E-state index contributed by atoms with van der Waals surface area (Å²) in [4.78, 5) is 47.7. The monoisotopic (exact) mass is 411 g/mol. The first-order valence-electron chi connectivity index (χ1n) is 9.34. The van der Waals surface area contributed by atoms with E-state index in [-0.39, 0.29) is 17.4 Å². The highest BCUT2D eigenvalue weighted by molar-refractivity contribution is 6.00. The number of amides is 3. The molecule has 2 aromatic rings. The molecule has 3 amide bonds. The van der Waals surface area contributed by atoms with Gasteiger partial charge in [0, 0.05) is 30.9 Å². The van der Waals surface area contributed by atoms with E-state index in [1.54, 1.807) is 6.07 Å². The van der Waals surface area contributed by atoms with Gasteiger partial charge in [0.1, 0.15) is 0 Å². The third kappa shape index (κ3) is 6.44. The van der Waals surface area contributed by atoms with E-state index < -0.39 is 18.0 Å². The Hall–Kier alpha value is -3.68. The normalized spacial score (nSPS) is 11.2. The van der Waals surface area contributed by atoms with E-state index in [4.69, 9.17) is 4.74 Å². The molecule has 0 aliphatic carbocycles. The lowest BCUT2D eigenvalue weighted by atomic mass is 10.1. The van der Waals surface area contributed by atoms with Gasteiger partial charge in [0.15, 0.2) is 6.10 Å². The van der Waals surface area contributed by atoms with Crippen LogP contribution in [0.2, 0.25) is 0 Å². The predicted molar refractivity (Wildman–Crippen MR) is 114 cm³/mol.